The monoisotopic (exact) mass is 408 g/mol. The van der Waals surface area contributed by atoms with Crippen LogP contribution in [0, 0.1) is 5.82 Å². The van der Waals surface area contributed by atoms with E-state index in [2.05, 4.69) is 10.6 Å². The molecule has 0 aromatic heterocycles. The molecule has 2 heterocycles. The highest BCUT2D eigenvalue weighted by atomic mass is 19.1. The fourth-order valence-electron chi connectivity index (χ4n) is 3.94. The van der Waals surface area contributed by atoms with Crippen molar-refractivity contribution in [1.29, 1.82) is 0 Å². The molecule has 2 aromatic rings. The van der Waals surface area contributed by atoms with Crippen LogP contribution in [0.1, 0.15) is 30.0 Å². The van der Waals surface area contributed by atoms with Gasteiger partial charge in [0.15, 0.2) is 11.5 Å². The third kappa shape index (κ3) is 3.16. The molecule has 0 saturated heterocycles. The molecule has 1 aliphatic carbocycles. The molecule has 1 saturated carbocycles. The number of amides is 1. The summed E-state index contributed by atoms with van der Waals surface area (Å²) >= 11 is 0. The zero-order valence-electron chi connectivity index (χ0n) is 16.4. The third-order valence-corrected chi connectivity index (χ3v) is 5.76. The summed E-state index contributed by atoms with van der Waals surface area (Å²) in [6.45, 7) is 0.200. The lowest BCUT2D eigenvalue weighted by atomic mass is 9.94. The second-order valence-corrected chi connectivity index (χ2v) is 7.58. The molecule has 30 heavy (non-hydrogen) atoms. The second-order valence-electron chi connectivity index (χ2n) is 7.58. The molecular weight excluding hydrogens is 387 g/mol. The normalized spacial score (nSPS) is 20.2. The van der Waals surface area contributed by atoms with E-state index in [0.29, 0.717) is 28.6 Å². The van der Waals surface area contributed by atoms with Gasteiger partial charge in [0.25, 0.3) is 0 Å². The lowest BCUT2D eigenvalue weighted by molar-refractivity contribution is -0.123. The van der Waals surface area contributed by atoms with Crippen LogP contribution in [0.5, 0.6) is 17.2 Å². The molecule has 1 fully saturated rings. The van der Waals surface area contributed by atoms with Crippen molar-refractivity contribution in [3.05, 3.63) is 77.4 Å². The quantitative estimate of drug-likeness (QED) is 0.793. The van der Waals surface area contributed by atoms with E-state index < -0.39 is 5.41 Å². The molecule has 1 unspecified atom stereocenters. The molecule has 7 heteroatoms. The van der Waals surface area contributed by atoms with E-state index in [0.717, 1.165) is 18.4 Å². The van der Waals surface area contributed by atoms with E-state index in [9.17, 15) is 9.18 Å². The largest absolute Gasteiger partial charge is 0.496 e. The number of nitrogens with one attached hydrogen (secondary N) is 2. The number of methoxy groups -OCH3 is 1. The van der Waals surface area contributed by atoms with Gasteiger partial charge in [0.1, 0.15) is 17.4 Å². The average molecular weight is 408 g/mol. The number of halogens is 1. The molecule has 3 aliphatic rings. The van der Waals surface area contributed by atoms with Gasteiger partial charge in [-0.05, 0) is 54.8 Å². The van der Waals surface area contributed by atoms with Gasteiger partial charge in [0, 0.05) is 5.56 Å². The first-order valence-corrected chi connectivity index (χ1v) is 9.79. The Balaban J connectivity index is 1.33. The maximum Gasteiger partial charge on any atom is 0.236 e. The molecule has 0 radical (unpaired) electrons. The predicted molar refractivity (Wildman–Crippen MR) is 108 cm³/mol. The van der Waals surface area contributed by atoms with Gasteiger partial charge in [0.2, 0.25) is 12.7 Å². The average Bonchev–Trinajstić information content (AvgIpc) is 3.45. The van der Waals surface area contributed by atoms with Crippen molar-refractivity contribution in [2.24, 2.45) is 0 Å². The van der Waals surface area contributed by atoms with E-state index in [1.165, 1.54) is 12.1 Å². The maximum absolute atomic E-state index is 13.8. The first kappa shape index (κ1) is 18.5. The van der Waals surface area contributed by atoms with Crippen molar-refractivity contribution in [3.8, 4) is 17.2 Å². The van der Waals surface area contributed by atoms with Gasteiger partial charge < -0.3 is 24.8 Å². The summed E-state index contributed by atoms with van der Waals surface area (Å²) in [5.41, 5.74) is 1.00. The molecule has 5 rings (SSSR count). The van der Waals surface area contributed by atoms with Crippen molar-refractivity contribution < 1.29 is 23.4 Å². The first-order chi connectivity index (χ1) is 14.6. The lowest BCUT2D eigenvalue weighted by Gasteiger charge is -2.25. The lowest BCUT2D eigenvalue weighted by Crippen LogP contribution is -2.40. The number of dihydropyridines is 1. The van der Waals surface area contributed by atoms with Crippen LogP contribution < -0.4 is 24.8 Å². The molecule has 154 valence electrons. The molecule has 2 aromatic carbocycles. The van der Waals surface area contributed by atoms with Crippen LogP contribution in [0.15, 0.2) is 60.4 Å². The van der Waals surface area contributed by atoms with Gasteiger partial charge in [-0.15, -0.1) is 0 Å². The summed E-state index contributed by atoms with van der Waals surface area (Å²) in [4.78, 5) is 13.1. The highest BCUT2D eigenvalue weighted by Crippen LogP contribution is 2.50. The number of fused-ring (bicyclic) bond motifs is 1. The minimum absolute atomic E-state index is 0.0830. The van der Waals surface area contributed by atoms with E-state index in [-0.39, 0.29) is 24.6 Å². The van der Waals surface area contributed by atoms with Crippen LogP contribution in [0.25, 0.3) is 0 Å². The summed E-state index contributed by atoms with van der Waals surface area (Å²) in [5.74, 6) is 2.07. The molecule has 2 N–H and O–H groups in total. The van der Waals surface area contributed by atoms with Crippen molar-refractivity contribution >= 4 is 5.91 Å². The summed E-state index contributed by atoms with van der Waals surface area (Å²) in [7, 11) is 1.55. The number of carbonyl (C=O) groups is 1. The summed E-state index contributed by atoms with van der Waals surface area (Å²) in [5, 5.41) is 6.24. The molecule has 0 bridgehead atoms. The minimum atomic E-state index is -0.573. The highest BCUT2D eigenvalue weighted by molar-refractivity contribution is 5.92. The SMILES string of the molecule is COc1ccc(F)cc1C1C=CC=C(NC(=O)C2(c3ccc4c(c3)OCO4)CC2)N1. The Morgan fingerprint density at radius 1 is 1.20 bits per heavy atom. The second kappa shape index (κ2) is 7.09. The van der Waals surface area contributed by atoms with Crippen molar-refractivity contribution in [3.63, 3.8) is 0 Å². The topological polar surface area (TPSA) is 68.8 Å². The van der Waals surface area contributed by atoms with Crippen LogP contribution in [-0.4, -0.2) is 19.8 Å². The van der Waals surface area contributed by atoms with Gasteiger partial charge >= 0.3 is 0 Å². The van der Waals surface area contributed by atoms with Gasteiger partial charge in [-0.2, -0.15) is 0 Å². The van der Waals surface area contributed by atoms with Crippen LogP contribution in [-0.2, 0) is 10.2 Å². The Morgan fingerprint density at radius 2 is 2.03 bits per heavy atom. The summed E-state index contributed by atoms with van der Waals surface area (Å²) in [6.07, 6.45) is 7.04. The van der Waals surface area contributed by atoms with Gasteiger partial charge in [0.05, 0.1) is 18.6 Å². The molecule has 2 aliphatic heterocycles. The van der Waals surface area contributed by atoms with Crippen molar-refractivity contribution in [1.82, 2.24) is 10.6 Å². The fourth-order valence-corrected chi connectivity index (χ4v) is 3.94. The smallest absolute Gasteiger partial charge is 0.236 e. The summed E-state index contributed by atoms with van der Waals surface area (Å²) < 4.78 is 30.0. The highest BCUT2D eigenvalue weighted by Gasteiger charge is 2.52. The Bertz CT molecular complexity index is 1070. The molecule has 1 atom stereocenters. The van der Waals surface area contributed by atoms with Gasteiger partial charge in [-0.25, -0.2) is 4.39 Å². The Morgan fingerprint density at radius 3 is 2.83 bits per heavy atom. The number of hydrogen-bond acceptors (Lipinski definition) is 5. The van der Waals surface area contributed by atoms with Crippen LogP contribution in [0.4, 0.5) is 4.39 Å². The number of rotatable bonds is 5. The standard InChI is InChI=1S/C23H21FN2O4/c1-28-18-8-6-15(24)12-16(18)17-3-2-4-21(25-17)26-22(27)23(9-10-23)14-5-7-19-20(11-14)30-13-29-19/h2-8,11-12,17,25H,9-10,13H2,1H3,(H,26,27). The Hall–Kier alpha value is -3.48. The Kier molecular flexibility index (Phi) is 4.38. The number of allylic oxidation sites excluding steroid dienone is 2. The van der Waals surface area contributed by atoms with E-state index >= 15 is 0 Å². The van der Waals surface area contributed by atoms with Crippen molar-refractivity contribution in [2.75, 3.05) is 13.9 Å². The molecule has 1 amide bonds. The van der Waals surface area contributed by atoms with Crippen LogP contribution in [0.2, 0.25) is 0 Å². The van der Waals surface area contributed by atoms with E-state index in [4.69, 9.17) is 14.2 Å². The van der Waals surface area contributed by atoms with Crippen LogP contribution in [0.3, 0.4) is 0 Å². The summed E-state index contributed by atoms with van der Waals surface area (Å²) in [6, 6.07) is 9.71. The predicted octanol–water partition coefficient (Wildman–Crippen LogP) is 3.45. The number of benzene rings is 2. The van der Waals surface area contributed by atoms with E-state index in [1.807, 2.05) is 30.4 Å². The zero-order valence-corrected chi connectivity index (χ0v) is 16.4. The first-order valence-electron chi connectivity index (χ1n) is 9.79. The van der Waals surface area contributed by atoms with Gasteiger partial charge in [-0.1, -0.05) is 18.2 Å². The van der Waals surface area contributed by atoms with E-state index in [1.54, 1.807) is 19.3 Å². The number of ether oxygens (including phenoxy) is 3. The molecular formula is C23H21FN2O4. The Labute approximate surface area is 173 Å². The molecule has 0 spiro atoms. The minimum Gasteiger partial charge on any atom is -0.496 e. The number of hydrogen-bond donors (Lipinski definition) is 2. The van der Waals surface area contributed by atoms with Crippen molar-refractivity contribution in [2.45, 2.75) is 24.3 Å². The molecule has 6 nitrogen and oxygen atoms in total. The van der Waals surface area contributed by atoms with Gasteiger partial charge in [-0.3, -0.25) is 4.79 Å². The third-order valence-electron chi connectivity index (χ3n) is 5.76. The maximum atomic E-state index is 13.8. The van der Waals surface area contributed by atoms with Crippen LogP contribution >= 0.6 is 0 Å². The zero-order chi connectivity index (χ0) is 20.7. The fraction of sp³-hybridized carbons (Fsp3) is 0.261. The number of carbonyl (C=O) groups excluding carboxylic acids is 1.